The van der Waals surface area contributed by atoms with E-state index in [9.17, 15) is 9.59 Å². The number of Topliss-reactive ketones (excluding diaryl/α,β-unsaturated/α-hetero) is 1. The number of anilines is 1. The fourth-order valence-electron chi connectivity index (χ4n) is 2.51. The van der Waals surface area contributed by atoms with E-state index in [-0.39, 0.29) is 18.1 Å². The molecule has 1 aromatic rings. The number of rotatable bonds is 1. The summed E-state index contributed by atoms with van der Waals surface area (Å²) in [6, 6.07) is 6.05. The molecule has 0 atom stereocenters. The third kappa shape index (κ3) is 2.04. The lowest BCUT2D eigenvalue weighted by atomic mass is 10.0. The molecule has 2 heterocycles. The molecule has 2 aliphatic heterocycles. The van der Waals surface area contributed by atoms with E-state index in [0.29, 0.717) is 19.6 Å². The Labute approximate surface area is 106 Å². The van der Waals surface area contributed by atoms with Gasteiger partial charge in [0.05, 0.1) is 19.6 Å². The predicted octanol–water partition coefficient (Wildman–Crippen LogP) is 1.46. The van der Waals surface area contributed by atoms with Crippen LogP contribution in [0.4, 0.5) is 5.69 Å². The number of amides is 1. The summed E-state index contributed by atoms with van der Waals surface area (Å²) in [5.41, 5.74) is 3.34. The summed E-state index contributed by atoms with van der Waals surface area (Å²) < 4.78 is 5.42. The second kappa shape index (κ2) is 4.53. The molecule has 1 amide bonds. The Bertz CT molecular complexity index is 510. The summed E-state index contributed by atoms with van der Waals surface area (Å²) >= 11 is 0. The van der Waals surface area contributed by atoms with Crippen LogP contribution in [-0.4, -0.2) is 24.8 Å². The number of hydrogen-bond donors (Lipinski definition) is 0. The number of benzene rings is 1. The lowest BCUT2D eigenvalue weighted by molar-refractivity contribution is -0.128. The Kier molecular flexibility index (Phi) is 2.88. The van der Waals surface area contributed by atoms with E-state index in [4.69, 9.17) is 4.74 Å². The molecule has 0 saturated carbocycles. The topological polar surface area (TPSA) is 46.6 Å². The first kappa shape index (κ1) is 11.4. The van der Waals surface area contributed by atoms with Crippen molar-refractivity contribution in [1.29, 1.82) is 0 Å². The van der Waals surface area contributed by atoms with Gasteiger partial charge in [0.2, 0.25) is 5.91 Å². The van der Waals surface area contributed by atoms with Gasteiger partial charge in [0.15, 0.2) is 0 Å². The van der Waals surface area contributed by atoms with Gasteiger partial charge in [0.1, 0.15) is 5.78 Å². The largest absolute Gasteiger partial charge is 0.376 e. The van der Waals surface area contributed by atoms with Gasteiger partial charge in [-0.3, -0.25) is 9.59 Å². The third-order valence-electron chi connectivity index (χ3n) is 3.54. The molecule has 1 fully saturated rings. The maximum atomic E-state index is 11.8. The number of carbonyl (C=O) groups is 2. The highest BCUT2D eigenvalue weighted by molar-refractivity contribution is 6.08. The van der Waals surface area contributed by atoms with E-state index in [1.165, 1.54) is 5.56 Å². The minimum absolute atomic E-state index is 0.0353. The van der Waals surface area contributed by atoms with Gasteiger partial charge in [-0.05, 0) is 29.7 Å². The molecule has 3 rings (SSSR count). The number of carbonyl (C=O) groups excluding carboxylic acids is 2. The average Bonchev–Trinajstić information content (AvgIpc) is 2.38. The molecule has 18 heavy (non-hydrogen) atoms. The number of nitrogens with zero attached hydrogens (tertiary/aromatic N) is 1. The van der Waals surface area contributed by atoms with Crippen molar-refractivity contribution in [2.45, 2.75) is 25.9 Å². The smallest absolute Gasteiger partial charge is 0.234 e. The standard InChI is InChI=1S/C14H15NO3/c16-13-3-5-15(14(17)8-13)12-2-1-10-4-6-18-9-11(10)7-12/h1-2,7H,3-6,8-9H2. The van der Waals surface area contributed by atoms with E-state index in [1.807, 2.05) is 12.1 Å². The first-order valence-electron chi connectivity index (χ1n) is 6.25. The Morgan fingerprint density at radius 3 is 2.83 bits per heavy atom. The van der Waals surface area contributed by atoms with Crippen molar-refractivity contribution in [3.8, 4) is 0 Å². The first-order chi connectivity index (χ1) is 8.74. The SMILES string of the molecule is O=C1CCN(c2ccc3c(c2)COCC3)C(=O)C1. The van der Waals surface area contributed by atoms with Crippen molar-refractivity contribution in [1.82, 2.24) is 0 Å². The molecule has 0 spiro atoms. The molecule has 2 aliphatic rings. The van der Waals surface area contributed by atoms with Crippen LogP contribution in [0.1, 0.15) is 24.0 Å². The Morgan fingerprint density at radius 1 is 1.11 bits per heavy atom. The van der Waals surface area contributed by atoms with Crippen molar-refractivity contribution in [3.63, 3.8) is 0 Å². The monoisotopic (exact) mass is 245 g/mol. The zero-order chi connectivity index (χ0) is 12.5. The highest BCUT2D eigenvalue weighted by Crippen LogP contribution is 2.25. The number of piperidine rings is 1. The van der Waals surface area contributed by atoms with Crippen LogP contribution in [0.15, 0.2) is 18.2 Å². The molecule has 4 heteroatoms. The van der Waals surface area contributed by atoms with Crippen molar-refractivity contribution < 1.29 is 14.3 Å². The van der Waals surface area contributed by atoms with Gasteiger partial charge in [-0.2, -0.15) is 0 Å². The van der Waals surface area contributed by atoms with Crippen LogP contribution in [0, 0.1) is 0 Å². The van der Waals surface area contributed by atoms with Crippen LogP contribution in [-0.2, 0) is 27.4 Å². The van der Waals surface area contributed by atoms with Gasteiger partial charge >= 0.3 is 0 Å². The number of hydrogen-bond acceptors (Lipinski definition) is 3. The van der Waals surface area contributed by atoms with Crippen molar-refractivity contribution in [2.75, 3.05) is 18.1 Å². The van der Waals surface area contributed by atoms with Gasteiger partial charge in [-0.1, -0.05) is 6.07 Å². The van der Waals surface area contributed by atoms with Gasteiger partial charge < -0.3 is 9.64 Å². The molecule has 0 N–H and O–H groups in total. The summed E-state index contributed by atoms with van der Waals surface area (Å²) in [4.78, 5) is 24.8. The molecular weight excluding hydrogens is 230 g/mol. The summed E-state index contributed by atoms with van der Waals surface area (Å²) in [7, 11) is 0. The van der Waals surface area contributed by atoms with Crippen LogP contribution < -0.4 is 4.90 Å². The normalized spacial score (nSPS) is 19.9. The number of fused-ring (bicyclic) bond motifs is 1. The molecule has 0 aromatic heterocycles. The highest BCUT2D eigenvalue weighted by Gasteiger charge is 2.25. The minimum atomic E-state index is -0.0945. The van der Waals surface area contributed by atoms with Crippen LogP contribution in [0.5, 0.6) is 0 Å². The Balaban J connectivity index is 1.88. The summed E-state index contributed by atoms with van der Waals surface area (Å²) in [5.74, 6) is -0.0551. The lowest BCUT2D eigenvalue weighted by Crippen LogP contribution is -2.39. The average molecular weight is 245 g/mol. The van der Waals surface area contributed by atoms with E-state index < -0.39 is 0 Å². The fraction of sp³-hybridized carbons (Fsp3) is 0.429. The molecule has 0 bridgehead atoms. The second-order valence-electron chi connectivity index (χ2n) is 4.77. The molecule has 0 aliphatic carbocycles. The zero-order valence-corrected chi connectivity index (χ0v) is 10.1. The van der Waals surface area contributed by atoms with Gasteiger partial charge in [-0.25, -0.2) is 0 Å². The van der Waals surface area contributed by atoms with Crippen LogP contribution >= 0.6 is 0 Å². The first-order valence-corrected chi connectivity index (χ1v) is 6.25. The Hall–Kier alpha value is -1.68. The summed E-state index contributed by atoms with van der Waals surface area (Å²) in [6.07, 6.45) is 1.43. The van der Waals surface area contributed by atoms with E-state index >= 15 is 0 Å². The van der Waals surface area contributed by atoms with E-state index in [0.717, 1.165) is 24.3 Å². The quantitative estimate of drug-likeness (QED) is 0.704. The van der Waals surface area contributed by atoms with Gasteiger partial charge in [0.25, 0.3) is 0 Å². The van der Waals surface area contributed by atoms with Crippen LogP contribution in [0.3, 0.4) is 0 Å². The maximum absolute atomic E-state index is 11.8. The molecule has 1 aromatic carbocycles. The van der Waals surface area contributed by atoms with Crippen LogP contribution in [0.25, 0.3) is 0 Å². The van der Waals surface area contributed by atoms with Gasteiger partial charge in [-0.15, -0.1) is 0 Å². The Morgan fingerprint density at radius 2 is 2.00 bits per heavy atom. The van der Waals surface area contributed by atoms with Crippen LogP contribution in [0.2, 0.25) is 0 Å². The second-order valence-corrected chi connectivity index (χ2v) is 4.77. The predicted molar refractivity (Wildman–Crippen MR) is 66.4 cm³/mol. The van der Waals surface area contributed by atoms with Gasteiger partial charge in [0, 0.05) is 18.7 Å². The lowest BCUT2D eigenvalue weighted by Gasteiger charge is -2.27. The molecular formula is C14H15NO3. The number of ether oxygens (including phenoxy) is 1. The van der Waals surface area contributed by atoms with Crippen molar-refractivity contribution in [2.24, 2.45) is 0 Å². The molecule has 0 radical (unpaired) electrons. The third-order valence-corrected chi connectivity index (χ3v) is 3.54. The zero-order valence-electron chi connectivity index (χ0n) is 10.1. The van der Waals surface area contributed by atoms with Crippen molar-refractivity contribution >= 4 is 17.4 Å². The molecule has 94 valence electrons. The van der Waals surface area contributed by atoms with E-state index in [1.54, 1.807) is 4.90 Å². The van der Waals surface area contributed by atoms with E-state index in [2.05, 4.69) is 6.07 Å². The molecule has 4 nitrogen and oxygen atoms in total. The minimum Gasteiger partial charge on any atom is -0.376 e. The highest BCUT2D eigenvalue weighted by atomic mass is 16.5. The fourth-order valence-corrected chi connectivity index (χ4v) is 2.51. The maximum Gasteiger partial charge on any atom is 0.234 e. The summed E-state index contributed by atoms with van der Waals surface area (Å²) in [5, 5.41) is 0. The van der Waals surface area contributed by atoms with Crippen molar-refractivity contribution in [3.05, 3.63) is 29.3 Å². The molecule has 1 saturated heterocycles. The number of ketones is 1. The molecule has 0 unspecified atom stereocenters. The summed E-state index contributed by atoms with van der Waals surface area (Å²) in [6.45, 7) is 1.88.